The molecule has 0 fully saturated rings. The largest absolute Gasteiger partial charge is 0.460 e. The molecule has 2 atom stereocenters. The first-order valence-corrected chi connectivity index (χ1v) is 14.2. The Labute approximate surface area is 248 Å². The SMILES string of the molecule is C=CC[C@H]1Cc2cc(Cl)c(CN(C)C(=O)OC(C)(C)C)cc2[C@@]1(CC(=O)OC(C)(C)C)C(=O)OCc1ccccc1. The van der Waals surface area contributed by atoms with Crippen LogP contribution in [0.3, 0.4) is 0 Å². The van der Waals surface area contributed by atoms with E-state index in [4.69, 9.17) is 25.8 Å². The molecule has 41 heavy (non-hydrogen) atoms. The molecule has 0 spiro atoms. The van der Waals surface area contributed by atoms with Crippen LogP contribution in [0, 0.1) is 5.92 Å². The molecule has 0 N–H and O–H groups in total. The highest BCUT2D eigenvalue weighted by molar-refractivity contribution is 6.31. The maximum Gasteiger partial charge on any atom is 0.410 e. The molecule has 1 aliphatic rings. The lowest BCUT2D eigenvalue weighted by atomic mass is 9.70. The van der Waals surface area contributed by atoms with Gasteiger partial charge in [-0.05, 0) is 88.6 Å². The summed E-state index contributed by atoms with van der Waals surface area (Å²) in [6.07, 6.45) is 2.03. The minimum atomic E-state index is -1.33. The van der Waals surface area contributed by atoms with E-state index in [9.17, 15) is 14.4 Å². The van der Waals surface area contributed by atoms with Crippen molar-refractivity contribution in [2.24, 2.45) is 5.92 Å². The number of amides is 1. The average Bonchev–Trinajstić information content (AvgIpc) is 3.13. The normalized spacial score (nSPS) is 18.3. The minimum Gasteiger partial charge on any atom is -0.460 e. The number of carbonyl (C=O) groups excluding carboxylic acids is 3. The maximum atomic E-state index is 14.2. The molecule has 8 heteroatoms. The first kappa shape index (κ1) is 32.2. The van der Waals surface area contributed by atoms with Crippen molar-refractivity contribution in [1.29, 1.82) is 0 Å². The van der Waals surface area contributed by atoms with Gasteiger partial charge in [0.1, 0.15) is 23.2 Å². The number of rotatable bonds is 9. The number of hydrogen-bond acceptors (Lipinski definition) is 6. The fraction of sp³-hybridized carbons (Fsp3) is 0.485. The van der Waals surface area contributed by atoms with Crippen LogP contribution in [-0.4, -0.2) is 41.2 Å². The smallest absolute Gasteiger partial charge is 0.410 e. The molecular weight excluding hydrogens is 542 g/mol. The van der Waals surface area contributed by atoms with Crippen molar-refractivity contribution < 1.29 is 28.6 Å². The molecule has 0 heterocycles. The Kier molecular flexibility index (Phi) is 9.96. The number of ether oxygens (including phenoxy) is 3. The molecular formula is C33H42ClNO6. The van der Waals surface area contributed by atoms with E-state index in [1.807, 2.05) is 42.5 Å². The molecule has 7 nitrogen and oxygen atoms in total. The standard InChI is InChI=1S/C33H42ClNO6/c1-9-13-25-16-23-18-27(34)24(20-35(8)30(38)41-32(5,6)7)17-26(23)33(25,19-28(36)40-31(2,3)4)29(37)39-21-22-14-11-10-12-15-22/h9-12,14-15,17-18,25H,1,13,16,19-21H2,2-8H3/t25-,33-/m0/s1. The first-order chi connectivity index (χ1) is 19.1. The monoisotopic (exact) mass is 583 g/mol. The van der Waals surface area contributed by atoms with E-state index in [0.717, 1.165) is 11.1 Å². The molecule has 222 valence electrons. The van der Waals surface area contributed by atoms with Crippen molar-refractivity contribution in [3.05, 3.63) is 82.4 Å². The van der Waals surface area contributed by atoms with Crippen LogP contribution in [0.4, 0.5) is 4.79 Å². The zero-order valence-corrected chi connectivity index (χ0v) is 26.0. The third kappa shape index (κ3) is 8.13. The van der Waals surface area contributed by atoms with Crippen LogP contribution in [-0.2, 0) is 48.8 Å². The second-order valence-electron chi connectivity index (χ2n) is 12.7. The Bertz CT molecular complexity index is 1280. The van der Waals surface area contributed by atoms with Crippen LogP contribution in [0.25, 0.3) is 0 Å². The van der Waals surface area contributed by atoms with E-state index in [2.05, 4.69) is 6.58 Å². The highest BCUT2D eigenvalue weighted by Crippen LogP contribution is 2.50. The van der Waals surface area contributed by atoms with Crippen LogP contribution < -0.4 is 0 Å². The summed E-state index contributed by atoms with van der Waals surface area (Å²) in [7, 11) is 1.63. The van der Waals surface area contributed by atoms with Gasteiger partial charge >= 0.3 is 18.0 Å². The summed E-state index contributed by atoms with van der Waals surface area (Å²) in [5.74, 6) is -1.31. The van der Waals surface area contributed by atoms with Gasteiger partial charge in [-0.15, -0.1) is 6.58 Å². The quantitative estimate of drug-likeness (QED) is 0.177. The van der Waals surface area contributed by atoms with Gasteiger partial charge in [0.25, 0.3) is 0 Å². The van der Waals surface area contributed by atoms with Gasteiger partial charge in [-0.3, -0.25) is 9.59 Å². The van der Waals surface area contributed by atoms with Gasteiger partial charge in [0.15, 0.2) is 0 Å². The van der Waals surface area contributed by atoms with Crippen molar-refractivity contribution in [3.63, 3.8) is 0 Å². The van der Waals surface area contributed by atoms with Crippen LogP contribution in [0.2, 0.25) is 5.02 Å². The van der Waals surface area contributed by atoms with Gasteiger partial charge in [0.05, 0.1) is 13.0 Å². The maximum absolute atomic E-state index is 14.2. The van der Waals surface area contributed by atoms with Crippen molar-refractivity contribution in [3.8, 4) is 0 Å². The van der Waals surface area contributed by atoms with E-state index >= 15 is 0 Å². The Morgan fingerprint density at radius 1 is 1.05 bits per heavy atom. The molecule has 0 saturated heterocycles. The predicted octanol–water partition coefficient (Wildman–Crippen LogP) is 7.17. The third-order valence-electron chi connectivity index (χ3n) is 6.90. The van der Waals surface area contributed by atoms with Gasteiger partial charge < -0.3 is 19.1 Å². The van der Waals surface area contributed by atoms with Crippen molar-refractivity contribution in [1.82, 2.24) is 4.90 Å². The van der Waals surface area contributed by atoms with Gasteiger partial charge in [-0.25, -0.2) is 4.79 Å². The van der Waals surface area contributed by atoms with Crippen LogP contribution in [0.15, 0.2) is 55.1 Å². The second-order valence-corrected chi connectivity index (χ2v) is 13.1. The van der Waals surface area contributed by atoms with E-state index in [1.165, 1.54) is 4.90 Å². The summed E-state index contributed by atoms with van der Waals surface area (Å²) >= 11 is 6.71. The zero-order chi connectivity index (χ0) is 30.6. The molecule has 1 aliphatic carbocycles. The molecule has 0 radical (unpaired) electrons. The summed E-state index contributed by atoms with van der Waals surface area (Å²) in [5, 5.41) is 0.460. The molecule has 0 aliphatic heterocycles. The number of halogens is 1. The predicted molar refractivity (Wildman–Crippen MR) is 160 cm³/mol. The molecule has 0 aromatic heterocycles. The van der Waals surface area contributed by atoms with Gasteiger partial charge in [-0.2, -0.15) is 0 Å². The topological polar surface area (TPSA) is 82.1 Å². The molecule has 2 aromatic carbocycles. The van der Waals surface area contributed by atoms with Gasteiger partial charge in [0.2, 0.25) is 0 Å². The van der Waals surface area contributed by atoms with Crippen LogP contribution in [0.5, 0.6) is 0 Å². The van der Waals surface area contributed by atoms with E-state index < -0.39 is 34.6 Å². The van der Waals surface area contributed by atoms with Gasteiger partial charge in [0, 0.05) is 12.1 Å². The number of fused-ring (bicyclic) bond motifs is 1. The first-order valence-electron chi connectivity index (χ1n) is 13.9. The summed E-state index contributed by atoms with van der Waals surface area (Å²) in [6.45, 7) is 14.9. The Morgan fingerprint density at radius 3 is 2.27 bits per heavy atom. The van der Waals surface area contributed by atoms with Crippen LogP contribution >= 0.6 is 11.6 Å². The lowest BCUT2D eigenvalue weighted by Gasteiger charge is -2.34. The number of allylic oxidation sites excluding steroid dienone is 1. The Morgan fingerprint density at radius 2 is 1.68 bits per heavy atom. The van der Waals surface area contributed by atoms with E-state index in [1.54, 1.807) is 54.7 Å². The summed E-state index contributed by atoms with van der Waals surface area (Å²) in [5.41, 5.74) is 0.254. The average molecular weight is 584 g/mol. The van der Waals surface area contributed by atoms with Crippen molar-refractivity contribution in [2.45, 2.75) is 90.6 Å². The molecule has 3 rings (SSSR count). The minimum absolute atomic E-state index is 0.0632. The zero-order valence-electron chi connectivity index (χ0n) is 25.2. The highest BCUT2D eigenvalue weighted by atomic mass is 35.5. The molecule has 2 aromatic rings. The third-order valence-corrected chi connectivity index (χ3v) is 7.25. The van der Waals surface area contributed by atoms with Gasteiger partial charge in [-0.1, -0.05) is 54.1 Å². The lowest BCUT2D eigenvalue weighted by Crippen LogP contribution is -2.44. The molecule has 0 bridgehead atoms. The fourth-order valence-electron chi connectivity index (χ4n) is 5.22. The molecule has 0 saturated carbocycles. The number of hydrogen-bond donors (Lipinski definition) is 0. The second kappa shape index (κ2) is 12.7. The Hall–Kier alpha value is -3.32. The summed E-state index contributed by atoms with van der Waals surface area (Å²) in [6, 6.07) is 13.1. The van der Waals surface area contributed by atoms with E-state index in [0.29, 0.717) is 29.0 Å². The summed E-state index contributed by atoms with van der Waals surface area (Å²) in [4.78, 5) is 41.7. The van der Waals surface area contributed by atoms with Crippen molar-refractivity contribution >= 4 is 29.6 Å². The molecule has 0 unspecified atom stereocenters. The highest BCUT2D eigenvalue weighted by Gasteiger charge is 2.55. The fourth-order valence-corrected chi connectivity index (χ4v) is 5.46. The lowest BCUT2D eigenvalue weighted by molar-refractivity contribution is -0.165. The van der Waals surface area contributed by atoms with Crippen molar-refractivity contribution in [2.75, 3.05) is 7.05 Å². The van der Waals surface area contributed by atoms with Crippen LogP contribution in [0.1, 0.15) is 76.6 Å². The number of nitrogens with zero attached hydrogens (tertiary/aromatic N) is 1. The number of benzene rings is 2. The Balaban J connectivity index is 2.08. The number of esters is 2. The summed E-state index contributed by atoms with van der Waals surface area (Å²) < 4.78 is 17.1. The van der Waals surface area contributed by atoms with E-state index in [-0.39, 0.29) is 25.5 Å². The molecule has 1 amide bonds. The number of carbonyl (C=O) groups is 3.